The molecule has 2 heterocycles. The number of piperidine rings is 1. The van der Waals surface area contributed by atoms with E-state index in [4.69, 9.17) is 0 Å². The molecule has 2 aliphatic heterocycles. The molecular formula is C18H35IN4. The van der Waals surface area contributed by atoms with Crippen LogP contribution in [0.3, 0.4) is 0 Å². The van der Waals surface area contributed by atoms with Crippen LogP contribution in [0.15, 0.2) is 4.99 Å². The Morgan fingerprint density at radius 2 is 2.00 bits per heavy atom. The third-order valence-corrected chi connectivity index (χ3v) is 6.19. The maximum atomic E-state index is 4.55. The molecule has 1 atom stereocenters. The number of rotatable bonds is 3. The Morgan fingerprint density at radius 3 is 2.57 bits per heavy atom. The lowest BCUT2D eigenvalue weighted by Gasteiger charge is -2.38. The molecule has 0 amide bonds. The van der Waals surface area contributed by atoms with E-state index in [1.807, 2.05) is 7.05 Å². The molecular weight excluding hydrogens is 399 g/mol. The fourth-order valence-corrected chi connectivity index (χ4v) is 4.50. The Bertz CT molecular complexity index is 406. The smallest absolute Gasteiger partial charge is 0.193 e. The zero-order valence-corrected chi connectivity index (χ0v) is 17.5. The quantitative estimate of drug-likeness (QED) is 0.421. The molecule has 0 aromatic heterocycles. The van der Waals surface area contributed by atoms with Gasteiger partial charge in [0.2, 0.25) is 0 Å². The minimum atomic E-state index is 0. The Balaban J connectivity index is 0.00000192. The van der Waals surface area contributed by atoms with E-state index < -0.39 is 0 Å². The van der Waals surface area contributed by atoms with Crippen LogP contribution in [0, 0.1) is 11.3 Å². The van der Waals surface area contributed by atoms with E-state index in [1.165, 1.54) is 64.7 Å². The molecule has 3 fully saturated rings. The zero-order chi connectivity index (χ0) is 15.6. The third kappa shape index (κ3) is 4.53. The van der Waals surface area contributed by atoms with E-state index in [9.17, 15) is 0 Å². The molecule has 0 radical (unpaired) electrons. The van der Waals surface area contributed by atoms with Gasteiger partial charge < -0.3 is 15.1 Å². The van der Waals surface area contributed by atoms with Gasteiger partial charge in [-0.05, 0) is 63.8 Å². The lowest BCUT2D eigenvalue weighted by atomic mass is 9.68. The van der Waals surface area contributed by atoms with Gasteiger partial charge in [0.1, 0.15) is 0 Å². The summed E-state index contributed by atoms with van der Waals surface area (Å²) < 4.78 is 0. The van der Waals surface area contributed by atoms with Crippen LogP contribution in [0.4, 0.5) is 0 Å². The highest BCUT2D eigenvalue weighted by atomic mass is 127. The van der Waals surface area contributed by atoms with Gasteiger partial charge in [-0.3, -0.25) is 4.99 Å². The van der Waals surface area contributed by atoms with Crippen LogP contribution >= 0.6 is 24.0 Å². The van der Waals surface area contributed by atoms with Gasteiger partial charge in [-0.2, -0.15) is 0 Å². The van der Waals surface area contributed by atoms with Crippen molar-refractivity contribution >= 4 is 29.9 Å². The van der Waals surface area contributed by atoms with E-state index >= 15 is 0 Å². The molecule has 1 aliphatic carbocycles. The summed E-state index contributed by atoms with van der Waals surface area (Å²) in [5.74, 6) is 1.92. The van der Waals surface area contributed by atoms with E-state index in [0.29, 0.717) is 11.5 Å². The molecule has 0 bridgehead atoms. The van der Waals surface area contributed by atoms with Crippen LogP contribution in [0.2, 0.25) is 0 Å². The number of guanidine groups is 1. The molecule has 3 aliphatic rings. The minimum absolute atomic E-state index is 0. The summed E-state index contributed by atoms with van der Waals surface area (Å²) in [7, 11) is 1.94. The first-order chi connectivity index (χ1) is 10.6. The Labute approximate surface area is 159 Å². The van der Waals surface area contributed by atoms with Crippen molar-refractivity contribution in [2.45, 2.75) is 58.4 Å². The molecule has 23 heavy (non-hydrogen) atoms. The topological polar surface area (TPSA) is 30.9 Å². The maximum Gasteiger partial charge on any atom is 0.193 e. The molecule has 5 heteroatoms. The minimum Gasteiger partial charge on any atom is -0.356 e. The van der Waals surface area contributed by atoms with Crippen molar-refractivity contribution in [3.63, 3.8) is 0 Å². The summed E-state index contributed by atoms with van der Waals surface area (Å²) >= 11 is 0. The number of hydrogen-bond acceptors (Lipinski definition) is 2. The van der Waals surface area contributed by atoms with Crippen molar-refractivity contribution < 1.29 is 0 Å². The SMILES string of the molecule is CN=C(NCC1CCCN(C(C)C)C1)N1CCC2(CCC2)C1.I. The largest absolute Gasteiger partial charge is 0.356 e. The fourth-order valence-electron chi connectivity index (χ4n) is 4.50. The molecule has 4 nitrogen and oxygen atoms in total. The van der Waals surface area contributed by atoms with Crippen LogP contribution in [-0.4, -0.2) is 61.6 Å². The lowest BCUT2D eigenvalue weighted by molar-refractivity contribution is 0.139. The molecule has 134 valence electrons. The Kier molecular flexibility index (Phi) is 7.01. The van der Waals surface area contributed by atoms with Crippen LogP contribution in [-0.2, 0) is 0 Å². The summed E-state index contributed by atoms with van der Waals surface area (Å²) in [5.41, 5.74) is 0.650. The fraction of sp³-hybridized carbons (Fsp3) is 0.944. The highest BCUT2D eigenvalue weighted by Crippen LogP contribution is 2.47. The predicted molar refractivity (Wildman–Crippen MR) is 109 cm³/mol. The molecule has 1 saturated carbocycles. The van der Waals surface area contributed by atoms with E-state index in [1.54, 1.807) is 0 Å². The second-order valence-corrected chi connectivity index (χ2v) is 8.05. The molecule has 3 rings (SSSR count). The summed E-state index contributed by atoms with van der Waals surface area (Å²) in [6, 6.07) is 0.680. The summed E-state index contributed by atoms with van der Waals surface area (Å²) in [5, 5.41) is 3.68. The number of likely N-dealkylation sites (tertiary alicyclic amines) is 2. The van der Waals surface area contributed by atoms with Crippen molar-refractivity contribution in [1.29, 1.82) is 0 Å². The molecule has 0 aromatic rings. The predicted octanol–water partition coefficient (Wildman–Crippen LogP) is 3.18. The van der Waals surface area contributed by atoms with Crippen molar-refractivity contribution in [2.75, 3.05) is 39.8 Å². The van der Waals surface area contributed by atoms with Gasteiger partial charge in [-0.1, -0.05) is 6.42 Å². The Hall–Kier alpha value is -0.0400. The van der Waals surface area contributed by atoms with Crippen molar-refractivity contribution in [3.8, 4) is 0 Å². The highest BCUT2D eigenvalue weighted by Gasteiger charge is 2.43. The van der Waals surface area contributed by atoms with Gasteiger partial charge in [-0.15, -0.1) is 24.0 Å². The van der Waals surface area contributed by atoms with Gasteiger partial charge in [0.05, 0.1) is 0 Å². The van der Waals surface area contributed by atoms with Gasteiger partial charge in [0.25, 0.3) is 0 Å². The molecule has 1 unspecified atom stereocenters. The van der Waals surface area contributed by atoms with Gasteiger partial charge in [-0.25, -0.2) is 0 Å². The number of halogens is 1. The maximum absolute atomic E-state index is 4.55. The normalized spacial score (nSPS) is 27.9. The van der Waals surface area contributed by atoms with E-state index in [-0.39, 0.29) is 24.0 Å². The van der Waals surface area contributed by atoms with Crippen LogP contribution in [0.5, 0.6) is 0 Å². The monoisotopic (exact) mass is 434 g/mol. The van der Waals surface area contributed by atoms with Crippen molar-refractivity contribution in [1.82, 2.24) is 15.1 Å². The standard InChI is InChI=1S/C18H34N4.HI/c1-15(2)21-10-4-6-16(13-21)12-20-17(19-3)22-11-9-18(14-22)7-5-8-18;/h15-16H,4-14H2,1-3H3,(H,19,20);1H. The van der Waals surface area contributed by atoms with Gasteiger partial charge in [0, 0.05) is 39.3 Å². The number of aliphatic imine (C=N–C) groups is 1. The average molecular weight is 434 g/mol. The summed E-state index contributed by atoms with van der Waals surface area (Å²) in [4.78, 5) is 9.68. The van der Waals surface area contributed by atoms with Crippen molar-refractivity contribution in [2.24, 2.45) is 16.3 Å². The number of nitrogens with one attached hydrogen (secondary N) is 1. The second-order valence-electron chi connectivity index (χ2n) is 8.05. The first-order valence-corrected chi connectivity index (χ1v) is 9.31. The zero-order valence-electron chi connectivity index (χ0n) is 15.2. The van der Waals surface area contributed by atoms with Crippen LogP contribution in [0.1, 0.15) is 52.4 Å². The van der Waals surface area contributed by atoms with Crippen LogP contribution < -0.4 is 5.32 Å². The van der Waals surface area contributed by atoms with Gasteiger partial charge >= 0.3 is 0 Å². The third-order valence-electron chi connectivity index (χ3n) is 6.19. The second kappa shape index (κ2) is 8.37. The summed E-state index contributed by atoms with van der Waals surface area (Å²) in [6.45, 7) is 10.7. The van der Waals surface area contributed by atoms with E-state index in [2.05, 4.69) is 34.0 Å². The highest BCUT2D eigenvalue weighted by molar-refractivity contribution is 14.0. The molecule has 1 spiro atoms. The molecule has 2 saturated heterocycles. The summed E-state index contributed by atoms with van der Waals surface area (Å²) in [6.07, 6.45) is 8.39. The number of nitrogens with zero attached hydrogens (tertiary/aromatic N) is 3. The lowest BCUT2D eigenvalue weighted by Crippen LogP contribution is -2.47. The van der Waals surface area contributed by atoms with Gasteiger partial charge in [0.15, 0.2) is 5.96 Å². The first kappa shape index (κ1) is 19.3. The Morgan fingerprint density at radius 1 is 1.22 bits per heavy atom. The first-order valence-electron chi connectivity index (χ1n) is 9.31. The average Bonchev–Trinajstić information content (AvgIpc) is 2.94. The van der Waals surface area contributed by atoms with E-state index in [0.717, 1.165) is 18.4 Å². The van der Waals surface area contributed by atoms with Crippen LogP contribution in [0.25, 0.3) is 0 Å². The van der Waals surface area contributed by atoms with Crippen molar-refractivity contribution in [3.05, 3.63) is 0 Å². The molecule has 1 N–H and O–H groups in total. The molecule has 0 aromatic carbocycles. The number of hydrogen-bond donors (Lipinski definition) is 1.